The van der Waals surface area contributed by atoms with Crippen LogP contribution >= 0.6 is 15.9 Å². The molecule has 2 aromatic rings. The van der Waals surface area contributed by atoms with Crippen molar-refractivity contribution in [3.63, 3.8) is 0 Å². The van der Waals surface area contributed by atoms with Crippen LogP contribution in [0.15, 0.2) is 46.9 Å². The molecule has 0 heterocycles. The van der Waals surface area contributed by atoms with Crippen LogP contribution in [0.5, 0.6) is 11.5 Å². The van der Waals surface area contributed by atoms with E-state index >= 15 is 0 Å². The highest BCUT2D eigenvalue weighted by Gasteiger charge is 2.22. The van der Waals surface area contributed by atoms with Gasteiger partial charge in [0.05, 0.1) is 19.8 Å². The summed E-state index contributed by atoms with van der Waals surface area (Å²) < 4.78 is 16.0. The first-order valence-electron chi connectivity index (χ1n) is 7.19. The molecule has 0 spiro atoms. The summed E-state index contributed by atoms with van der Waals surface area (Å²) in [5, 5.41) is 0. The molecule has 0 saturated carbocycles. The molecule has 0 fully saturated rings. The first-order valence-corrected chi connectivity index (χ1v) is 7.98. The zero-order chi connectivity index (χ0) is 17.7. The molecule has 126 valence electrons. The Morgan fingerprint density at radius 3 is 2.12 bits per heavy atom. The molecule has 0 saturated heterocycles. The molecule has 2 aromatic carbocycles. The Labute approximate surface area is 148 Å². The molecule has 0 aliphatic rings. The van der Waals surface area contributed by atoms with Crippen LogP contribution in [0.3, 0.4) is 0 Å². The second kappa shape index (κ2) is 7.97. The van der Waals surface area contributed by atoms with E-state index in [9.17, 15) is 9.59 Å². The number of carbonyl (C=O) groups excluding carboxylic acids is 2. The highest BCUT2D eigenvalue weighted by atomic mass is 79.9. The summed E-state index contributed by atoms with van der Waals surface area (Å²) in [7, 11) is 3.06. The van der Waals surface area contributed by atoms with E-state index in [-0.39, 0.29) is 5.78 Å². The molecule has 0 amide bonds. The number of hydrogen-bond acceptors (Lipinski definition) is 5. The van der Waals surface area contributed by atoms with E-state index in [1.54, 1.807) is 56.5 Å². The van der Waals surface area contributed by atoms with E-state index in [2.05, 4.69) is 15.9 Å². The van der Waals surface area contributed by atoms with Crippen LogP contribution < -0.4 is 9.47 Å². The lowest BCUT2D eigenvalue weighted by atomic mass is 10.1. The Morgan fingerprint density at radius 1 is 0.958 bits per heavy atom. The number of ketones is 1. The maximum absolute atomic E-state index is 12.4. The van der Waals surface area contributed by atoms with Crippen LogP contribution in [0.2, 0.25) is 0 Å². The van der Waals surface area contributed by atoms with Crippen molar-refractivity contribution in [3.05, 3.63) is 58.1 Å². The molecule has 0 bridgehead atoms. The Balaban J connectivity index is 2.11. The third-order valence-electron chi connectivity index (χ3n) is 3.42. The van der Waals surface area contributed by atoms with E-state index in [0.29, 0.717) is 27.1 Å². The minimum Gasteiger partial charge on any atom is -0.497 e. The highest BCUT2D eigenvalue weighted by molar-refractivity contribution is 9.10. The molecular weight excluding hydrogens is 376 g/mol. The third kappa shape index (κ3) is 4.14. The van der Waals surface area contributed by atoms with Crippen molar-refractivity contribution in [2.24, 2.45) is 0 Å². The summed E-state index contributed by atoms with van der Waals surface area (Å²) in [5.74, 6) is 0.288. The molecule has 1 unspecified atom stereocenters. The van der Waals surface area contributed by atoms with E-state index in [1.165, 1.54) is 7.11 Å². The zero-order valence-electron chi connectivity index (χ0n) is 13.5. The lowest BCUT2D eigenvalue weighted by molar-refractivity contribution is 0.0317. The molecule has 0 aliphatic heterocycles. The van der Waals surface area contributed by atoms with Gasteiger partial charge in [0.25, 0.3) is 0 Å². The first-order chi connectivity index (χ1) is 11.5. The summed E-state index contributed by atoms with van der Waals surface area (Å²) in [6.07, 6.45) is -0.913. The second-order valence-electron chi connectivity index (χ2n) is 4.99. The van der Waals surface area contributed by atoms with Crippen molar-refractivity contribution in [3.8, 4) is 11.5 Å². The smallest absolute Gasteiger partial charge is 0.340 e. The van der Waals surface area contributed by atoms with Crippen LogP contribution in [-0.2, 0) is 4.74 Å². The number of carbonyl (C=O) groups is 2. The minimum atomic E-state index is -0.913. The van der Waals surface area contributed by atoms with E-state index < -0.39 is 12.1 Å². The monoisotopic (exact) mass is 392 g/mol. The maximum Gasteiger partial charge on any atom is 0.340 e. The highest BCUT2D eigenvalue weighted by Crippen LogP contribution is 2.24. The fourth-order valence-electron chi connectivity index (χ4n) is 2.06. The summed E-state index contributed by atoms with van der Waals surface area (Å²) in [6.45, 7) is 1.54. The predicted octanol–water partition coefficient (Wildman–Crippen LogP) is 3.89. The third-order valence-corrected chi connectivity index (χ3v) is 4.11. The molecule has 5 nitrogen and oxygen atoms in total. The number of rotatable bonds is 6. The summed E-state index contributed by atoms with van der Waals surface area (Å²) in [5.41, 5.74) is 0.740. The Morgan fingerprint density at radius 2 is 1.54 bits per heavy atom. The average Bonchev–Trinajstić information content (AvgIpc) is 2.61. The Bertz CT molecular complexity index is 740. The van der Waals surface area contributed by atoms with Gasteiger partial charge in [-0.2, -0.15) is 0 Å². The topological polar surface area (TPSA) is 61.8 Å². The maximum atomic E-state index is 12.4. The largest absolute Gasteiger partial charge is 0.497 e. The quantitative estimate of drug-likeness (QED) is 0.551. The van der Waals surface area contributed by atoms with Crippen LogP contribution in [0, 0.1) is 0 Å². The second-order valence-corrected chi connectivity index (χ2v) is 5.84. The molecule has 0 aromatic heterocycles. The van der Waals surface area contributed by atoms with Gasteiger partial charge in [0, 0.05) is 10.0 Å². The normalized spacial score (nSPS) is 11.5. The fraction of sp³-hybridized carbons (Fsp3) is 0.222. The van der Waals surface area contributed by atoms with Gasteiger partial charge in [-0.1, -0.05) is 0 Å². The van der Waals surface area contributed by atoms with Gasteiger partial charge in [0.1, 0.15) is 11.5 Å². The summed E-state index contributed by atoms with van der Waals surface area (Å²) in [4.78, 5) is 24.7. The van der Waals surface area contributed by atoms with Gasteiger partial charge in [0.15, 0.2) is 6.10 Å². The number of halogens is 1. The van der Waals surface area contributed by atoms with Gasteiger partial charge in [-0.25, -0.2) is 4.79 Å². The van der Waals surface area contributed by atoms with Gasteiger partial charge in [-0.15, -0.1) is 0 Å². The lowest BCUT2D eigenvalue weighted by Gasteiger charge is -2.14. The molecule has 24 heavy (non-hydrogen) atoms. The average molecular weight is 393 g/mol. The molecule has 2 rings (SSSR count). The van der Waals surface area contributed by atoms with Crippen LogP contribution in [-0.4, -0.2) is 32.1 Å². The number of ether oxygens (including phenoxy) is 3. The molecule has 1 atom stereocenters. The van der Waals surface area contributed by atoms with Crippen LogP contribution in [0.4, 0.5) is 0 Å². The van der Waals surface area contributed by atoms with E-state index in [4.69, 9.17) is 14.2 Å². The minimum absolute atomic E-state index is 0.287. The number of benzene rings is 2. The fourth-order valence-corrected chi connectivity index (χ4v) is 2.46. The van der Waals surface area contributed by atoms with Crippen LogP contribution in [0.25, 0.3) is 0 Å². The van der Waals surface area contributed by atoms with Gasteiger partial charge in [0.2, 0.25) is 5.78 Å². The molecule has 0 radical (unpaired) electrons. The van der Waals surface area contributed by atoms with Crippen molar-refractivity contribution >= 4 is 27.7 Å². The van der Waals surface area contributed by atoms with Gasteiger partial charge >= 0.3 is 5.97 Å². The molecule has 6 heteroatoms. The van der Waals surface area contributed by atoms with Crippen molar-refractivity contribution in [1.82, 2.24) is 0 Å². The lowest BCUT2D eigenvalue weighted by Crippen LogP contribution is -2.24. The SMILES string of the molecule is COc1ccc(C(=O)C(C)OC(=O)c2cc(OC)ccc2Br)cc1. The van der Waals surface area contributed by atoms with E-state index in [0.717, 1.165) is 0 Å². The number of esters is 1. The predicted molar refractivity (Wildman–Crippen MR) is 92.9 cm³/mol. The Kier molecular flexibility index (Phi) is 5.98. The first kappa shape index (κ1) is 18.0. The van der Waals surface area contributed by atoms with Gasteiger partial charge < -0.3 is 14.2 Å². The summed E-state index contributed by atoms with van der Waals surface area (Å²) in [6, 6.07) is 11.6. The number of hydrogen-bond donors (Lipinski definition) is 0. The van der Waals surface area contributed by atoms with Crippen molar-refractivity contribution < 1.29 is 23.8 Å². The van der Waals surface area contributed by atoms with Crippen molar-refractivity contribution in [2.45, 2.75) is 13.0 Å². The molecule has 0 aliphatic carbocycles. The zero-order valence-corrected chi connectivity index (χ0v) is 15.1. The van der Waals surface area contributed by atoms with Crippen molar-refractivity contribution in [1.29, 1.82) is 0 Å². The summed E-state index contributed by atoms with van der Waals surface area (Å²) >= 11 is 3.29. The standard InChI is InChI=1S/C18H17BrO5/c1-11(17(20)12-4-6-13(22-2)7-5-12)24-18(21)15-10-14(23-3)8-9-16(15)19/h4-11H,1-3H3. The molecule has 0 N–H and O–H groups in total. The Hall–Kier alpha value is -2.34. The van der Waals surface area contributed by atoms with Gasteiger partial charge in [-0.05, 0) is 65.3 Å². The molecular formula is C18H17BrO5. The number of methoxy groups -OCH3 is 2. The van der Waals surface area contributed by atoms with E-state index in [1.807, 2.05) is 0 Å². The van der Waals surface area contributed by atoms with Crippen molar-refractivity contribution in [2.75, 3.05) is 14.2 Å². The van der Waals surface area contributed by atoms with Crippen LogP contribution in [0.1, 0.15) is 27.6 Å². The number of Topliss-reactive ketones (excluding diaryl/α,β-unsaturated/α-hetero) is 1. The van der Waals surface area contributed by atoms with Gasteiger partial charge in [-0.3, -0.25) is 4.79 Å².